The van der Waals surface area contributed by atoms with Gasteiger partial charge < -0.3 is 0 Å². The molecule has 0 aliphatic rings. The van der Waals surface area contributed by atoms with E-state index in [1.807, 2.05) is 84.9 Å². The fourth-order valence-corrected chi connectivity index (χ4v) is 3.77. The smallest absolute Gasteiger partial charge is 0.268 e. The predicted octanol–water partition coefficient (Wildman–Crippen LogP) is 4.17. The third-order valence-electron chi connectivity index (χ3n) is 5.30. The van der Waals surface area contributed by atoms with E-state index in [9.17, 15) is 4.79 Å². The van der Waals surface area contributed by atoms with E-state index in [0.717, 1.165) is 16.8 Å². The zero-order chi connectivity index (χ0) is 21.5. The summed E-state index contributed by atoms with van der Waals surface area (Å²) in [7, 11) is 0. The van der Waals surface area contributed by atoms with Crippen molar-refractivity contribution >= 4 is 39.4 Å². The average molecular weight is 416 g/mol. The molecule has 0 N–H and O–H groups in total. The van der Waals surface area contributed by atoms with Gasteiger partial charge in [0.2, 0.25) is 0 Å². The maximum Gasteiger partial charge on any atom is 0.269 e. The SMILES string of the molecule is O=c1c2c3nc4ccccc4nc3n(/N=C\c3ccccc3)c2ncn1-c1ccccc1. The van der Waals surface area contributed by atoms with Gasteiger partial charge in [-0.15, -0.1) is 0 Å². The normalized spacial score (nSPS) is 11.8. The van der Waals surface area contributed by atoms with Crippen LogP contribution in [-0.2, 0) is 0 Å². The molecule has 3 aromatic heterocycles. The van der Waals surface area contributed by atoms with E-state index in [4.69, 9.17) is 9.97 Å². The van der Waals surface area contributed by atoms with E-state index in [-0.39, 0.29) is 5.56 Å². The van der Waals surface area contributed by atoms with Crippen molar-refractivity contribution in [1.82, 2.24) is 24.2 Å². The van der Waals surface area contributed by atoms with Gasteiger partial charge in [-0.3, -0.25) is 9.36 Å². The van der Waals surface area contributed by atoms with Gasteiger partial charge in [-0.25, -0.2) is 15.0 Å². The van der Waals surface area contributed by atoms with E-state index >= 15 is 0 Å². The Hall–Kier alpha value is -4.65. The zero-order valence-corrected chi connectivity index (χ0v) is 16.8. The summed E-state index contributed by atoms with van der Waals surface area (Å²) in [5, 5.41) is 5.01. The lowest BCUT2D eigenvalue weighted by Crippen LogP contribution is -2.18. The van der Waals surface area contributed by atoms with Crippen molar-refractivity contribution in [2.75, 3.05) is 0 Å². The summed E-state index contributed by atoms with van der Waals surface area (Å²) in [5.74, 6) is 0. The Morgan fingerprint density at radius 2 is 1.41 bits per heavy atom. The van der Waals surface area contributed by atoms with Crippen molar-refractivity contribution < 1.29 is 0 Å². The Labute approximate surface area is 181 Å². The van der Waals surface area contributed by atoms with Crippen molar-refractivity contribution in [3.63, 3.8) is 0 Å². The minimum Gasteiger partial charge on any atom is -0.268 e. The number of aromatic nitrogens is 5. The van der Waals surface area contributed by atoms with Crippen molar-refractivity contribution in [3.05, 3.63) is 107 Å². The molecule has 6 rings (SSSR count). The first-order valence-corrected chi connectivity index (χ1v) is 10.1. The lowest BCUT2D eigenvalue weighted by atomic mass is 10.2. The maximum atomic E-state index is 13.6. The molecule has 0 bridgehead atoms. The lowest BCUT2D eigenvalue weighted by molar-refractivity contribution is 0.906. The molecule has 0 aliphatic carbocycles. The molecular weight excluding hydrogens is 400 g/mol. The molecule has 0 amide bonds. The molecular formula is C25H16N6O. The van der Waals surface area contributed by atoms with Crippen LogP contribution in [0.2, 0.25) is 0 Å². The molecule has 32 heavy (non-hydrogen) atoms. The lowest BCUT2D eigenvalue weighted by Gasteiger charge is -2.04. The first-order chi connectivity index (χ1) is 15.8. The molecule has 6 aromatic rings. The third kappa shape index (κ3) is 2.87. The fraction of sp³-hybridized carbons (Fsp3) is 0. The Bertz CT molecular complexity index is 1680. The summed E-state index contributed by atoms with van der Waals surface area (Å²) < 4.78 is 3.11. The van der Waals surface area contributed by atoms with E-state index in [1.54, 1.807) is 10.9 Å². The van der Waals surface area contributed by atoms with E-state index in [0.29, 0.717) is 27.7 Å². The van der Waals surface area contributed by atoms with Crippen LogP contribution in [0, 0.1) is 0 Å². The van der Waals surface area contributed by atoms with Crippen molar-refractivity contribution in [2.24, 2.45) is 5.10 Å². The molecule has 0 saturated heterocycles. The van der Waals surface area contributed by atoms with Crippen LogP contribution in [0.3, 0.4) is 0 Å². The van der Waals surface area contributed by atoms with Crippen LogP contribution in [-0.4, -0.2) is 30.4 Å². The highest BCUT2D eigenvalue weighted by Crippen LogP contribution is 2.25. The monoisotopic (exact) mass is 416 g/mol. The van der Waals surface area contributed by atoms with Gasteiger partial charge in [0.05, 0.1) is 22.9 Å². The Morgan fingerprint density at radius 3 is 2.16 bits per heavy atom. The molecule has 0 radical (unpaired) electrons. The van der Waals surface area contributed by atoms with Crippen LogP contribution in [0.15, 0.2) is 101 Å². The maximum absolute atomic E-state index is 13.6. The second kappa shape index (κ2) is 7.24. The minimum atomic E-state index is -0.218. The topological polar surface area (TPSA) is 78.0 Å². The molecule has 3 aromatic carbocycles. The highest BCUT2D eigenvalue weighted by molar-refractivity contribution is 6.05. The second-order valence-electron chi connectivity index (χ2n) is 7.31. The predicted molar refractivity (Wildman–Crippen MR) is 125 cm³/mol. The minimum absolute atomic E-state index is 0.218. The standard InChI is InChI=1S/C25H16N6O/c32-25-21-22-24(29-20-14-8-7-13-19(20)28-22)31(27-15-17-9-3-1-4-10-17)23(21)26-16-30(25)18-11-5-2-6-12-18/h1-16H/b27-15-. The second-order valence-corrected chi connectivity index (χ2v) is 7.31. The summed E-state index contributed by atoms with van der Waals surface area (Å²) in [5.41, 5.74) is 4.25. The van der Waals surface area contributed by atoms with E-state index in [1.165, 1.54) is 10.9 Å². The Balaban J connectivity index is 1.70. The average Bonchev–Trinajstić information content (AvgIpc) is 3.16. The van der Waals surface area contributed by atoms with Gasteiger partial charge in [-0.1, -0.05) is 60.7 Å². The van der Waals surface area contributed by atoms with Crippen LogP contribution >= 0.6 is 0 Å². The van der Waals surface area contributed by atoms with Gasteiger partial charge in [0.25, 0.3) is 5.56 Å². The largest absolute Gasteiger partial charge is 0.269 e. The number of hydrogen-bond donors (Lipinski definition) is 0. The van der Waals surface area contributed by atoms with Crippen LogP contribution in [0.25, 0.3) is 38.9 Å². The first-order valence-electron chi connectivity index (χ1n) is 10.1. The molecule has 0 fully saturated rings. The summed E-state index contributed by atoms with van der Waals surface area (Å²) in [6.45, 7) is 0. The molecule has 3 heterocycles. The number of para-hydroxylation sites is 3. The number of hydrogen-bond acceptors (Lipinski definition) is 5. The summed E-state index contributed by atoms with van der Waals surface area (Å²) in [6, 6.07) is 26.7. The number of rotatable bonds is 3. The highest BCUT2D eigenvalue weighted by atomic mass is 16.1. The van der Waals surface area contributed by atoms with Crippen LogP contribution in [0.4, 0.5) is 0 Å². The van der Waals surface area contributed by atoms with Crippen molar-refractivity contribution in [1.29, 1.82) is 0 Å². The number of fused-ring (bicyclic) bond motifs is 4. The van der Waals surface area contributed by atoms with Gasteiger partial charge in [-0.05, 0) is 29.8 Å². The summed E-state index contributed by atoms with van der Waals surface area (Å²) in [6.07, 6.45) is 3.24. The van der Waals surface area contributed by atoms with Gasteiger partial charge in [0.1, 0.15) is 17.2 Å². The van der Waals surface area contributed by atoms with Gasteiger partial charge in [0, 0.05) is 0 Å². The summed E-state index contributed by atoms with van der Waals surface area (Å²) >= 11 is 0. The molecule has 0 saturated carbocycles. The number of benzene rings is 3. The fourth-order valence-electron chi connectivity index (χ4n) is 3.77. The Morgan fingerprint density at radius 1 is 0.750 bits per heavy atom. The molecule has 0 spiro atoms. The molecule has 152 valence electrons. The highest BCUT2D eigenvalue weighted by Gasteiger charge is 2.20. The molecule has 7 nitrogen and oxygen atoms in total. The van der Waals surface area contributed by atoms with E-state index < -0.39 is 0 Å². The first kappa shape index (κ1) is 18.1. The third-order valence-corrected chi connectivity index (χ3v) is 5.30. The van der Waals surface area contributed by atoms with Crippen LogP contribution in [0.1, 0.15) is 5.56 Å². The zero-order valence-electron chi connectivity index (χ0n) is 16.8. The summed E-state index contributed by atoms with van der Waals surface area (Å²) in [4.78, 5) is 27.7. The molecule has 0 unspecified atom stereocenters. The van der Waals surface area contributed by atoms with Gasteiger partial charge >= 0.3 is 0 Å². The molecule has 7 heteroatoms. The van der Waals surface area contributed by atoms with Crippen molar-refractivity contribution in [3.8, 4) is 5.69 Å². The van der Waals surface area contributed by atoms with Crippen molar-refractivity contribution in [2.45, 2.75) is 0 Å². The van der Waals surface area contributed by atoms with Gasteiger partial charge in [-0.2, -0.15) is 9.78 Å². The molecule has 0 atom stereocenters. The Kier molecular flexibility index (Phi) is 4.11. The number of nitrogens with zero attached hydrogens (tertiary/aromatic N) is 6. The van der Waals surface area contributed by atoms with Gasteiger partial charge in [0.15, 0.2) is 11.3 Å². The molecule has 0 aliphatic heterocycles. The van der Waals surface area contributed by atoms with E-state index in [2.05, 4.69) is 10.1 Å². The van der Waals surface area contributed by atoms with Crippen LogP contribution < -0.4 is 5.56 Å². The quantitative estimate of drug-likeness (QED) is 0.406. The van der Waals surface area contributed by atoms with Crippen LogP contribution in [0.5, 0.6) is 0 Å².